The van der Waals surface area contributed by atoms with E-state index in [1.165, 1.54) is 5.69 Å². The quantitative estimate of drug-likeness (QED) is 0.723. The van der Waals surface area contributed by atoms with Gasteiger partial charge in [0.05, 0.1) is 6.20 Å². The maximum Gasteiger partial charge on any atom is 0.251 e. The van der Waals surface area contributed by atoms with E-state index >= 15 is 0 Å². The van der Waals surface area contributed by atoms with E-state index < -0.39 is 0 Å². The molecule has 1 N–H and O–H groups in total. The fourth-order valence-corrected chi connectivity index (χ4v) is 4.21. The number of halogens is 1. The molecule has 1 aliphatic rings. The maximum atomic E-state index is 12.4. The van der Waals surface area contributed by atoms with Crippen molar-refractivity contribution in [3.05, 3.63) is 65.1 Å². The molecule has 3 aromatic rings. The molecule has 0 aliphatic heterocycles. The summed E-state index contributed by atoms with van der Waals surface area (Å²) in [6.07, 6.45) is 8.06. The van der Waals surface area contributed by atoms with E-state index in [1.54, 1.807) is 30.5 Å². The summed E-state index contributed by atoms with van der Waals surface area (Å²) >= 11 is 5.90. The molecule has 1 aromatic carbocycles. The number of amides is 1. The first-order valence-electron chi connectivity index (χ1n) is 9.47. The van der Waals surface area contributed by atoms with Crippen molar-refractivity contribution in [3.8, 4) is 0 Å². The molecule has 0 spiro atoms. The topological polar surface area (TPSA) is 59.3 Å². The van der Waals surface area contributed by atoms with Crippen molar-refractivity contribution in [3.63, 3.8) is 0 Å². The van der Waals surface area contributed by atoms with E-state index in [0.29, 0.717) is 22.4 Å². The second kappa shape index (κ2) is 7.69. The highest BCUT2D eigenvalue weighted by atomic mass is 35.5. The molecular formula is C21H23ClN4O. The number of carbonyl (C=O) groups is 1. The fourth-order valence-electron chi connectivity index (χ4n) is 4.09. The second-order valence-electron chi connectivity index (χ2n) is 7.35. The van der Waals surface area contributed by atoms with Crippen molar-refractivity contribution in [1.82, 2.24) is 19.9 Å². The van der Waals surface area contributed by atoms with Gasteiger partial charge >= 0.3 is 0 Å². The van der Waals surface area contributed by atoms with Gasteiger partial charge in [-0.15, -0.1) is 0 Å². The number of aromatic nitrogens is 3. The minimum absolute atomic E-state index is 0.0336. The Morgan fingerprint density at radius 2 is 1.85 bits per heavy atom. The van der Waals surface area contributed by atoms with Gasteiger partial charge in [0.2, 0.25) is 0 Å². The molecule has 4 rings (SSSR count). The van der Waals surface area contributed by atoms with Crippen molar-refractivity contribution in [2.75, 3.05) is 0 Å². The lowest BCUT2D eigenvalue weighted by molar-refractivity contribution is 0.0917. The van der Waals surface area contributed by atoms with Gasteiger partial charge in [-0.1, -0.05) is 11.6 Å². The van der Waals surface area contributed by atoms with Crippen LogP contribution in [-0.4, -0.2) is 26.5 Å². The van der Waals surface area contributed by atoms with Crippen LogP contribution in [0.5, 0.6) is 0 Å². The van der Waals surface area contributed by atoms with Crippen LogP contribution in [0.3, 0.4) is 0 Å². The van der Waals surface area contributed by atoms with Gasteiger partial charge in [0.25, 0.3) is 5.91 Å². The molecule has 27 heavy (non-hydrogen) atoms. The van der Waals surface area contributed by atoms with Crippen LogP contribution in [0.4, 0.5) is 0 Å². The van der Waals surface area contributed by atoms with Gasteiger partial charge in [0, 0.05) is 40.5 Å². The number of nitrogens with zero attached hydrogens (tertiary/aromatic N) is 3. The summed E-state index contributed by atoms with van der Waals surface area (Å²) in [7, 11) is 0. The number of fused-ring (bicyclic) bond motifs is 1. The van der Waals surface area contributed by atoms with Gasteiger partial charge < -0.3 is 5.32 Å². The van der Waals surface area contributed by atoms with Gasteiger partial charge in [-0.25, -0.2) is 9.50 Å². The van der Waals surface area contributed by atoms with Crippen molar-refractivity contribution >= 4 is 23.2 Å². The van der Waals surface area contributed by atoms with Gasteiger partial charge in [-0.3, -0.25) is 4.79 Å². The molecule has 0 unspecified atom stereocenters. The highest BCUT2D eigenvalue weighted by Gasteiger charge is 2.28. The third-order valence-electron chi connectivity index (χ3n) is 5.68. The number of benzene rings is 1. The van der Waals surface area contributed by atoms with Crippen LogP contribution in [-0.2, 0) is 0 Å². The molecule has 0 radical (unpaired) electrons. The molecule has 140 valence electrons. The minimum atomic E-state index is -0.0336. The van der Waals surface area contributed by atoms with Crippen molar-refractivity contribution in [2.24, 2.45) is 5.92 Å². The lowest BCUT2D eigenvalue weighted by atomic mass is 9.77. The molecule has 6 heteroatoms. The highest BCUT2D eigenvalue weighted by Crippen LogP contribution is 2.37. The minimum Gasteiger partial charge on any atom is -0.349 e. The first kappa shape index (κ1) is 18.0. The van der Waals surface area contributed by atoms with E-state index in [1.807, 2.05) is 16.8 Å². The summed E-state index contributed by atoms with van der Waals surface area (Å²) in [4.78, 5) is 16.8. The zero-order valence-corrected chi connectivity index (χ0v) is 16.1. The largest absolute Gasteiger partial charge is 0.349 e. The predicted molar refractivity (Wildman–Crippen MR) is 106 cm³/mol. The van der Waals surface area contributed by atoms with Gasteiger partial charge in [-0.05, 0) is 68.9 Å². The third kappa shape index (κ3) is 3.83. The standard InChI is InChI=1S/C21H23ClN4O/c1-14(25-21(27)17-6-8-18(22)9-7-17)15-2-4-16(5-3-15)19-10-12-23-20-11-13-24-26(19)20/h6-16H,2-5H2,1H3,(H,25,27)/t14-,15-,16-/m1/s1. The number of hydrogen-bond donors (Lipinski definition) is 1. The van der Waals surface area contributed by atoms with Crippen LogP contribution in [0.2, 0.25) is 5.02 Å². The van der Waals surface area contributed by atoms with E-state index in [9.17, 15) is 4.79 Å². The molecule has 1 fully saturated rings. The Labute approximate surface area is 163 Å². The SMILES string of the molecule is C[C@@H](NC(=O)c1ccc(Cl)cc1)[C@H]1CC[C@H](c2ccnc3ccnn32)CC1. The molecule has 1 saturated carbocycles. The van der Waals surface area contributed by atoms with Crippen molar-refractivity contribution < 1.29 is 4.79 Å². The van der Waals surface area contributed by atoms with Gasteiger partial charge in [0.1, 0.15) is 0 Å². The summed E-state index contributed by atoms with van der Waals surface area (Å²) < 4.78 is 1.96. The molecule has 1 amide bonds. The fraction of sp³-hybridized carbons (Fsp3) is 0.381. The molecular weight excluding hydrogens is 360 g/mol. The Hall–Kier alpha value is -2.40. The summed E-state index contributed by atoms with van der Waals surface area (Å²) in [5, 5.41) is 8.21. The Balaban J connectivity index is 1.36. The van der Waals surface area contributed by atoms with Crippen LogP contribution in [0.1, 0.15) is 54.6 Å². The van der Waals surface area contributed by atoms with Gasteiger partial charge in [0.15, 0.2) is 5.65 Å². The Morgan fingerprint density at radius 1 is 1.11 bits per heavy atom. The van der Waals surface area contributed by atoms with Crippen molar-refractivity contribution in [1.29, 1.82) is 0 Å². The zero-order valence-electron chi connectivity index (χ0n) is 15.3. The van der Waals surface area contributed by atoms with E-state index in [4.69, 9.17) is 11.6 Å². The van der Waals surface area contributed by atoms with E-state index in [0.717, 1.165) is 31.3 Å². The lowest BCUT2D eigenvalue weighted by Gasteiger charge is -2.32. The first-order chi connectivity index (χ1) is 13.1. The average molecular weight is 383 g/mol. The van der Waals surface area contributed by atoms with Crippen LogP contribution in [0, 0.1) is 5.92 Å². The summed E-state index contributed by atoms with van der Waals surface area (Å²) in [5.41, 5.74) is 2.79. The first-order valence-corrected chi connectivity index (χ1v) is 9.84. The molecule has 5 nitrogen and oxygen atoms in total. The van der Waals surface area contributed by atoms with E-state index in [2.05, 4.69) is 28.4 Å². The number of carbonyl (C=O) groups excluding carboxylic acids is 1. The Morgan fingerprint density at radius 3 is 2.59 bits per heavy atom. The molecule has 1 atom stereocenters. The number of rotatable bonds is 4. The van der Waals surface area contributed by atoms with Crippen LogP contribution >= 0.6 is 11.6 Å². The van der Waals surface area contributed by atoms with Crippen LogP contribution in [0.15, 0.2) is 48.8 Å². The van der Waals surface area contributed by atoms with E-state index in [-0.39, 0.29) is 11.9 Å². The second-order valence-corrected chi connectivity index (χ2v) is 7.79. The monoisotopic (exact) mass is 382 g/mol. The molecule has 1 aliphatic carbocycles. The predicted octanol–water partition coefficient (Wildman–Crippen LogP) is 4.48. The lowest BCUT2D eigenvalue weighted by Crippen LogP contribution is -2.39. The van der Waals surface area contributed by atoms with Crippen LogP contribution in [0.25, 0.3) is 5.65 Å². The number of hydrogen-bond acceptors (Lipinski definition) is 3. The highest BCUT2D eigenvalue weighted by molar-refractivity contribution is 6.30. The molecule has 2 aromatic heterocycles. The van der Waals surface area contributed by atoms with Gasteiger partial charge in [-0.2, -0.15) is 5.10 Å². The normalized spacial score (nSPS) is 21.1. The smallest absolute Gasteiger partial charge is 0.251 e. The summed E-state index contributed by atoms with van der Waals surface area (Å²) in [6.45, 7) is 2.11. The number of nitrogens with one attached hydrogen (secondary N) is 1. The summed E-state index contributed by atoms with van der Waals surface area (Å²) in [5.74, 6) is 0.951. The third-order valence-corrected chi connectivity index (χ3v) is 5.93. The van der Waals surface area contributed by atoms with Crippen LogP contribution < -0.4 is 5.32 Å². The summed E-state index contributed by atoms with van der Waals surface area (Å²) in [6, 6.07) is 11.2. The van der Waals surface area contributed by atoms with Crippen molar-refractivity contribution in [2.45, 2.75) is 44.6 Å². The molecule has 0 saturated heterocycles. The zero-order chi connectivity index (χ0) is 18.8. The molecule has 0 bridgehead atoms. The Bertz CT molecular complexity index is 929. The average Bonchev–Trinajstić information content (AvgIpc) is 3.17. The Kier molecular flexibility index (Phi) is 5.12. The maximum absolute atomic E-state index is 12.4. The molecule has 2 heterocycles.